The van der Waals surface area contributed by atoms with E-state index in [0.29, 0.717) is 0 Å². The van der Waals surface area contributed by atoms with Crippen molar-refractivity contribution in [2.24, 2.45) is 0 Å². The third-order valence-electron chi connectivity index (χ3n) is 4.23. The molecule has 0 bridgehead atoms. The van der Waals surface area contributed by atoms with Gasteiger partial charge in [-0.1, -0.05) is 72.3 Å². The molecular weight excluding hydrogens is 240 g/mol. The summed E-state index contributed by atoms with van der Waals surface area (Å²) in [6.45, 7) is 2.26. The molecule has 3 aromatic rings. The largest absolute Gasteiger partial charge is 0.0619 e. The molecule has 0 aromatic heterocycles. The van der Waals surface area contributed by atoms with E-state index in [1.807, 2.05) is 0 Å². The lowest BCUT2D eigenvalue weighted by Crippen LogP contribution is -1.89. The Hall–Kier alpha value is -2.34. The molecule has 0 radical (unpaired) electrons. The first-order valence-corrected chi connectivity index (χ1v) is 7.11. The molecule has 0 nitrogen and oxygen atoms in total. The van der Waals surface area contributed by atoms with Crippen molar-refractivity contribution >= 4 is 16.3 Å². The zero-order valence-electron chi connectivity index (χ0n) is 11.6. The number of hydrogen-bond acceptors (Lipinski definition) is 0. The van der Waals surface area contributed by atoms with E-state index in [2.05, 4.69) is 73.7 Å². The number of hydrogen-bond donors (Lipinski definition) is 0. The first-order valence-electron chi connectivity index (χ1n) is 7.11. The molecule has 0 heteroatoms. The fraction of sp³-hybridized carbons (Fsp3) is 0.100. The van der Waals surface area contributed by atoms with E-state index in [0.717, 1.165) is 6.42 Å². The quantitative estimate of drug-likeness (QED) is 0.560. The zero-order valence-corrected chi connectivity index (χ0v) is 11.6. The lowest BCUT2D eigenvalue weighted by molar-refractivity contribution is 1.19. The van der Waals surface area contributed by atoms with Crippen LogP contribution >= 0.6 is 0 Å². The van der Waals surface area contributed by atoms with Crippen LogP contribution in [-0.2, 0) is 6.42 Å². The molecule has 0 amide bonds. The Morgan fingerprint density at radius 2 is 1.40 bits per heavy atom. The summed E-state index contributed by atoms with van der Waals surface area (Å²) in [5.41, 5.74) is 7.12. The Bertz CT molecular complexity index is 832. The average molecular weight is 256 g/mol. The van der Waals surface area contributed by atoms with Gasteiger partial charge in [-0.2, -0.15) is 0 Å². The second-order valence-corrected chi connectivity index (χ2v) is 5.52. The Morgan fingerprint density at radius 1 is 0.700 bits per heavy atom. The summed E-state index contributed by atoms with van der Waals surface area (Å²) in [6.07, 6.45) is 1.08. The normalized spacial score (nSPS) is 13.8. The van der Waals surface area contributed by atoms with Crippen molar-refractivity contribution in [1.82, 2.24) is 0 Å². The van der Waals surface area contributed by atoms with Gasteiger partial charge in [-0.15, -0.1) is 0 Å². The van der Waals surface area contributed by atoms with Crippen molar-refractivity contribution in [1.29, 1.82) is 0 Å². The molecule has 0 unspecified atom stereocenters. The summed E-state index contributed by atoms with van der Waals surface area (Å²) in [6, 6.07) is 24.0. The van der Waals surface area contributed by atoms with Gasteiger partial charge in [0.25, 0.3) is 0 Å². The smallest absolute Gasteiger partial charge is 0.00543 e. The van der Waals surface area contributed by atoms with E-state index in [9.17, 15) is 0 Å². The van der Waals surface area contributed by atoms with Gasteiger partial charge in [0.05, 0.1) is 0 Å². The van der Waals surface area contributed by atoms with E-state index >= 15 is 0 Å². The summed E-state index contributed by atoms with van der Waals surface area (Å²) in [5.74, 6) is 0. The van der Waals surface area contributed by atoms with Crippen LogP contribution in [0, 0.1) is 0 Å². The number of allylic oxidation sites excluding steroid dienone is 1. The Morgan fingerprint density at radius 3 is 2.35 bits per heavy atom. The van der Waals surface area contributed by atoms with E-state index in [1.54, 1.807) is 0 Å². The maximum atomic E-state index is 2.26. The third-order valence-corrected chi connectivity index (χ3v) is 4.23. The van der Waals surface area contributed by atoms with Gasteiger partial charge >= 0.3 is 0 Å². The fourth-order valence-corrected chi connectivity index (χ4v) is 3.34. The maximum Gasteiger partial charge on any atom is -0.00543 e. The predicted molar refractivity (Wildman–Crippen MR) is 85.8 cm³/mol. The van der Waals surface area contributed by atoms with E-state index in [4.69, 9.17) is 0 Å². The summed E-state index contributed by atoms with van der Waals surface area (Å²) >= 11 is 0. The molecule has 0 N–H and O–H groups in total. The first-order chi connectivity index (χ1) is 9.84. The molecule has 0 fully saturated rings. The van der Waals surface area contributed by atoms with Crippen molar-refractivity contribution in [2.45, 2.75) is 13.3 Å². The zero-order chi connectivity index (χ0) is 13.5. The minimum atomic E-state index is 1.08. The standard InChI is InChI=1S/C20H16/c1-14-13-16-8-3-5-11-18(16)20(14)19-12-6-9-15-7-2-4-10-17(15)19/h2-12H,13H2,1H3. The van der Waals surface area contributed by atoms with E-state index < -0.39 is 0 Å². The lowest BCUT2D eigenvalue weighted by Gasteiger charge is -2.11. The van der Waals surface area contributed by atoms with Crippen molar-refractivity contribution in [2.75, 3.05) is 0 Å². The minimum Gasteiger partial charge on any atom is -0.0619 e. The van der Waals surface area contributed by atoms with Gasteiger partial charge in [-0.3, -0.25) is 0 Å². The Balaban J connectivity index is 2.03. The van der Waals surface area contributed by atoms with Crippen LogP contribution in [0.5, 0.6) is 0 Å². The molecule has 0 saturated heterocycles. The van der Waals surface area contributed by atoms with Crippen molar-refractivity contribution in [3.05, 3.63) is 89.0 Å². The molecule has 0 spiro atoms. The summed E-state index contributed by atoms with van der Waals surface area (Å²) in [5, 5.41) is 2.66. The molecule has 20 heavy (non-hydrogen) atoms. The number of fused-ring (bicyclic) bond motifs is 2. The van der Waals surface area contributed by atoms with Crippen LogP contribution in [0.2, 0.25) is 0 Å². The monoisotopic (exact) mass is 256 g/mol. The third kappa shape index (κ3) is 1.61. The van der Waals surface area contributed by atoms with Crippen LogP contribution in [-0.4, -0.2) is 0 Å². The molecule has 0 heterocycles. The average Bonchev–Trinajstić information content (AvgIpc) is 2.82. The second-order valence-electron chi connectivity index (χ2n) is 5.52. The van der Waals surface area contributed by atoms with Crippen LogP contribution in [0.4, 0.5) is 0 Å². The summed E-state index contributed by atoms with van der Waals surface area (Å²) in [4.78, 5) is 0. The number of benzene rings is 3. The number of rotatable bonds is 1. The minimum absolute atomic E-state index is 1.08. The lowest BCUT2D eigenvalue weighted by atomic mass is 9.93. The van der Waals surface area contributed by atoms with Crippen LogP contribution in [0.1, 0.15) is 23.6 Å². The molecule has 0 atom stereocenters. The van der Waals surface area contributed by atoms with Crippen molar-refractivity contribution in [3.8, 4) is 0 Å². The highest BCUT2D eigenvalue weighted by molar-refractivity contribution is 6.00. The second kappa shape index (κ2) is 4.35. The van der Waals surface area contributed by atoms with Crippen LogP contribution in [0.25, 0.3) is 16.3 Å². The molecule has 0 saturated carbocycles. The molecular formula is C20H16. The van der Waals surface area contributed by atoms with Crippen LogP contribution < -0.4 is 0 Å². The van der Waals surface area contributed by atoms with Gasteiger partial charge in [0.2, 0.25) is 0 Å². The van der Waals surface area contributed by atoms with E-state index in [1.165, 1.54) is 38.6 Å². The van der Waals surface area contributed by atoms with Gasteiger partial charge < -0.3 is 0 Å². The van der Waals surface area contributed by atoms with Crippen LogP contribution in [0.3, 0.4) is 0 Å². The molecule has 1 aliphatic rings. The van der Waals surface area contributed by atoms with Gasteiger partial charge in [-0.05, 0) is 46.4 Å². The molecule has 4 rings (SSSR count). The SMILES string of the molecule is CC1=C(c2cccc3ccccc23)c2ccccc2C1. The summed E-state index contributed by atoms with van der Waals surface area (Å²) in [7, 11) is 0. The van der Waals surface area contributed by atoms with Gasteiger partial charge in [0, 0.05) is 0 Å². The van der Waals surface area contributed by atoms with Crippen molar-refractivity contribution in [3.63, 3.8) is 0 Å². The van der Waals surface area contributed by atoms with Gasteiger partial charge in [0.15, 0.2) is 0 Å². The predicted octanol–water partition coefficient (Wildman–Crippen LogP) is 5.22. The van der Waals surface area contributed by atoms with Crippen LogP contribution in [0.15, 0.2) is 72.3 Å². The van der Waals surface area contributed by atoms with E-state index in [-0.39, 0.29) is 0 Å². The topological polar surface area (TPSA) is 0 Å². The molecule has 3 aromatic carbocycles. The van der Waals surface area contributed by atoms with Gasteiger partial charge in [-0.25, -0.2) is 0 Å². The summed E-state index contributed by atoms with van der Waals surface area (Å²) < 4.78 is 0. The maximum absolute atomic E-state index is 2.26. The highest BCUT2D eigenvalue weighted by Crippen LogP contribution is 2.39. The highest BCUT2D eigenvalue weighted by Gasteiger charge is 2.20. The first kappa shape index (κ1) is 11.5. The Kier molecular flexibility index (Phi) is 2.50. The Labute approximate surface area is 119 Å². The van der Waals surface area contributed by atoms with Gasteiger partial charge in [0.1, 0.15) is 0 Å². The molecule has 0 aliphatic heterocycles. The fourth-order valence-electron chi connectivity index (χ4n) is 3.34. The molecule has 96 valence electrons. The highest BCUT2D eigenvalue weighted by atomic mass is 14.2. The molecule has 1 aliphatic carbocycles. The van der Waals surface area contributed by atoms with Crippen molar-refractivity contribution < 1.29 is 0 Å².